The summed E-state index contributed by atoms with van der Waals surface area (Å²) in [5, 5.41) is 0. The van der Waals surface area contributed by atoms with Gasteiger partial charge in [-0.25, -0.2) is 0 Å². The molecule has 1 fully saturated rings. The molecule has 0 aromatic carbocycles. The molecule has 0 aromatic rings. The molecule has 23 heavy (non-hydrogen) atoms. The summed E-state index contributed by atoms with van der Waals surface area (Å²) in [7, 11) is 0. The van der Waals surface area contributed by atoms with Crippen molar-refractivity contribution < 1.29 is 9.59 Å². The highest BCUT2D eigenvalue weighted by Crippen LogP contribution is 2.38. The molecular weight excluding hydrogens is 288 g/mol. The summed E-state index contributed by atoms with van der Waals surface area (Å²) in [4.78, 5) is 22.8. The summed E-state index contributed by atoms with van der Waals surface area (Å²) in [6.45, 7) is 0. The van der Waals surface area contributed by atoms with E-state index in [1.807, 2.05) is 0 Å². The summed E-state index contributed by atoms with van der Waals surface area (Å²) in [6.07, 6.45) is 17.3. The van der Waals surface area contributed by atoms with Gasteiger partial charge in [0, 0.05) is 11.8 Å². The molecule has 0 unspecified atom stereocenters. The quantitative estimate of drug-likeness (QED) is 0.623. The van der Waals surface area contributed by atoms with E-state index >= 15 is 0 Å². The minimum Gasteiger partial charge on any atom is -0.370 e. The maximum atomic E-state index is 12.2. The van der Waals surface area contributed by atoms with Crippen LogP contribution >= 0.6 is 0 Å². The lowest BCUT2D eigenvalue weighted by atomic mass is 9.73. The van der Waals surface area contributed by atoms with Crippen LogP contribution in [0, 0.1) is 5.41 Å². The number of hydrogen-bond acceptors (Lipinski definition) is 2. The predicted molar refractivity (Wildman–Crippen MR) is 94.7 cm³/mol. The fourth-order valence-corrected chi connectivity index (χ4v) is 3.85. The van der Waals surface area contributed by atoms with Crippen LogP contribution in [0.2, 0.25) is 0 Å². The first kappa shape index (κ1) is 20.0. The second-order valence-corrected chi connectivity index (χ2v) is 7.35. The van der Waals surface area contributed by atoms with E-state index in [0.29, 0.717) is 6.42 Å². The van der Waals surface area contributed by atoms with Crippen molar-refractivity contribution in [2.75, 3.05) is 0 Å². The van der Waals surface area contributed by atoms with Crippen LogP contribution < -0.4 is 11.5 Å². The van der Waals surface area contributed by atoms with Gasteiger partial charge in [0.1, 0.15) is 0 Å². The van der Waals surface area contributed by atoms with Crippen molar-refractivity contribution in [3.05, 3.63) is 0 Å². The summed E-state index contributed by atoms with van der Waals surface area (Å²) in [6, 6.07) is 0. The lowest BCUT2D eigenvalue weighted by Gasteiger charge is -2.31. The first-order valence-electron chi connectivity index (χ1n) is 9.65. The van der Waals surface area contributed by atoms with E-state index in [4.69, 9.17) is 11.5 Å². The number of unbranched alkanes of at least 4 members (excludes halogenated alkanes) is 4. The molecule has 2 amide bonds. The van der Waals surface area contributed by atoms with E-state index in [1.165, 1.54) is 32.1 Å². The third-order valence-corrected chi connectivity index (χ3v) is 5.41. The van der Waals surface area contributed by atoms with Crippen LogP contribution in [0.3, 0.4) is 0 Å². The van der Waals surface area contributed by atoms with E-state index in [0.717, 1.165) is 64.2 Å². The monoisotopic (exact) mass is 324 g/mol. The number of carbonyl (C=O) groups excluding carboxylic acids is 2. The largest absolute Gasteiger partial charge is 0.370 e. The van der Waals surface area contributed by atoms with Crippen LogP contribution in [-0.2, 0) is 9.59 Å². The van der Waals surface area contributed by atoms with E-state index < -0.39 is 0 Å². The Morgan fingerprint density at radius 1 is 0.696 bits per heavy atom. The minimum atomic E-state index is -0.259. The maximum absolute atomic E-state index is 12.2. The first-order chi connectivity index (χ1) is 11.1. The second kappa shape index (κ2) is 11.5. The molecule has 4 heteroatoms. The molecule has 4 N–H and O–H groups in total. The lowest BCUT2D eigenvalue weighted by molar-refractivity contribution is -0.129. The highest BCUT2D eigenvalue weighted by molar-refractivity contribution is 5.80. The van der Waals surface area contributed by atoms with E-state index in [1.54, 1.807) is 0 Å². The maximum Gasteiger partial charge on any atom is 0.223 e. The molecule has 0 radical (unpaired) electrons. The van der Waals surface area contributed by atoms with Gasteiger partial charge in [-0.2, -0.15) is 0 Å². The fraction of sp³-hybridized carbons (Fsp3) is 0.895. The average molecular weight is 325 g/mol. The van der Waals surface area contributed by atoms with Crippen LogP contribution in [0.15, 0.2) is 0 Å². The number of nitrogens with two attached hydrogens (primary N) is 2. The van der Waals surface area contributed by atoms with Gasteiger partial charge in [-0.1, -0.05) is 70.6 Å². The Balaban J connectivity index is 2.35. The van der Waals surface area contributed by atoms with Crippen LogP contribution in [-0.4, -0.2) is 11.8 Å². The molecular formula is C19H36N2O2. The van der Waals surface area contributed by atoms with E-state index in [-0.39, 0.29) is 17.2 Å². The summed E-state index contributed by atoms with van der Waals surface area (Å²) in [5.41, 5.74) is 10.7. The molecule has 1 aliphatic rings. The lowest BCUT2D eigenvalue weighted by Crippen LogP contribution is -2.37. The fourth-order valence-electron chi connectivity index (χ4n) is 3.85. The molecule has 0 aliphatic heterocycles. The molecule has 1 aliphatic carbocycles. The Labute approximate surface area is 141 Å². The normalized spacial score (nSPS) is 19.1. The molecule has 1 rings (SSSR count). The second-order valence-electron chi connectivity index (χ2n) is 7.35. The van der Waals surface area contributed by atoms with Crippen LogP contribution in [0.4, 0.5) is 0 Å². The zero-order chi connectivity index (χ0) is 17.0. The zero-order valence-electron chi connectivity index (χ0n) is 14.8. The third kappa shape index (κ3) is 8.38. The standard InChI is InChI=1S/C19H36N2O2/c20-17(22)13-9-5-4-8-12-16-19(18(21)23)14-10-6-2-1-3-7-11-15-19/h1-16H2,(H2,20,22)(H2,21,23). The van der Waals surface area contributed by atoms with Crippen LogP contribution in [0.1, 0.15) is 103 Å². The molecule has 134 valence electrons. The molecule has 0 heterocycles. The molecule has 0 saturated heterocycles. The molecule has 0 atom stereocenters. The van der Waals surface area contributed by atoms with Gasteiger partial charge < -0.3 is 11.5 Å². The topological polar surface area (TPSA) is 86.2 Å². The van der Waals surface area contributed by atoms with Crippen molar-refractivity contribution in [2.24, 2.45) is 16.9 Å². The Hall–Kier alpha value is -1.06. The molecule has 1 saturated carbocycles. The van der Waals surface area contributed by atoms with Crippen molar-refractivity contribution in [2.45, 2.75) is 103 Å². The Kier molecular flexibility index (Phi) is 9.97. The van der Waals surface area contributed by atoms with Gasteiger partial charge >= 0.3 is 0 Å². The van der Waals surface area contributed by atoms with Crippen molar-refractivity contribution in [1.29, 1.82) is 0 Å². The number of carbonyl (C=O) groups is 2. The Morgan fingerprint density at radius 2 is 1.17 bits per heavy atom. The van der Waals surface area contributed by atoms with Gasteiger partial charge in [0.05, 0.1) is 0 Å². The Morgan fingerprint density at radius 3 is 1.70 bits per heavy atom. The summed E-state index contributed by atoms with van der Waals surface area (Å²) in [5.74, 6) is -0.286. The van der Waals surface area contributed by atoms with Crippen LogP contribution in [0.5, 0.6) is 0 Å². The molecule has 4 nitrogen and oxygen atoms in total. The summed E-state index contributed by atoms with van der Waals surface area (Å²) < 4.78 is 0. The summed E-state index contributed by atoms with van der Waals surface area (Å²) >= 11 is 0. The van der Waals surface area contributed by atoms with E-state index in [9.17, 15) is 9.59 Å². The Bertz CT molecular complexity index is 345. The van der Waals surface area contributed by atoms with Crippen molar-refractivity contribution in [1.82, 2.24) is 0 Å². The third-order valence-electron chi connectivity index (χ3n) is 5.41. The highest BCUT2D eigenvalue weighted by Gasteiger charge is 2.34. The van der Waals surface area contributed by atoms with Gasteiger partial charge in [-0.05, 0) is 25.7 Å². The highest BCUT2D eigenvalue weighted by atomic mass is 16.1. The molecule has 0 aromatic heterocycles. The van der Waals surface area contributed by atoms with E-state index in [2.05, 4.69) is 0 Å². The van der Waals surface area contributed by atoms with Crippen LogP contribution in [0.25, 0.3) is 0 Å². The van der Waals surface area contributed by atoms with Gasteiger partial charge in [0.2, 0.25) is 11.8 Å². The van der Waals surface area contributed by atoms with Gasteiger partial charge in [-0.3, -0.25) is 9.59 Å². The smallest absolute Gasteiger partial charge is 0.223 e. The van der Waals surface area contributed by atoms with Crippen molar-refractivity contribution >= 4 is 11.8 Å². The first-order valence-corrected chi connectivity index (χ1v) is 9.65. The SMILES string of the molecule is NC(=O)CCCCCCCC1(C(N)=O)CCCCCCCCC1. The van der Waals surface area contributed by atoms with Gasteiger partial charge in [0.15, 0.2) is 0 Å². The van der Waals surface area contributed by atoms with Crippen molar-refractivity contribution in [3.8, 4) is 0 Å². The number of amides is 2. The van der Waals surface area contributed by atoms with Crippen molar-refractivity contribution in [3.63, 3.8) is 0 Å². The van der Waals surface area contributed by atoms with Gasteiger partial charge in [-0.15, -0.1) is 0 Å². The number of rotatable bonds is 9. The minimum absolute atomic E-state index is 0.0770. The average Bonchev–Trinajstić information content (AvgIpc) is 2.51. The predicted octanol–water partition coefficient (Wildman–Crippen LogP) is 4.20. The molecule has 0 bridgehead atoms. The number of primary amides is 2. The molecule has 0 spiro atoms. The number of hydrogen-bond donors (Lipinski definition) is 2. The zero-order valence-corrected chi connectivity index (χ0v) is 14.8. The van der Waals surface area contributed by atoms with Gasteiger partial charge in [0.25, 0.3) is 0 Å².